The van der Waals surface area contributed by atoms with Crippen LogP contribution in [-0.4, -0.2) is 13.1 Å². The average Bonchev–Trinajstić information content (AvgIpc) is 2.58. The van der Waals surface area contributed by atoms with Crippen molar-refractivity contribution in [3.63, 3.8) is 0 Å². The summed E-state index contributed by atoms with van der Waals surface area (Å²) in [5.74, 6) is 0.984. The molecule has 0 spiro atoms. The molecule has 2 fully saturated rings. The van der Waals surface area contributed by atoms with Gasteiger partial charge < -0.3 is 5.32 Å². The third-order valence-electron chi connectivity index (χ3n) is 4.04. The highest BCUT2D eigenvalue weighted by Gasteiger charge is 2.36. The molecule has 1 saturated carbocycles. The van der Waals surface area contributed by atoms with Crippen molar-refractivity contribution in [2.45, 2.75) is 45.4 Å². The Balaban J connectivity index is 1.97. The van der Waals surface area contributed by atoms with Gasteiger partial charge >= 0.3 is 0 Å². The molecular formula is C11H21N. The molecule has 1 saturated heterocycles. The van der Waals surface area contributed by atoms with E-state index in [4.69, 9.17) is 0 Å². The molecule has 1 nitrogen and oxygen atoms in total. The average molecular weight is 167 g/mol. The van der Waals surface area contributed by atoms with E-state index in [1.54, 1.807) is 0 Å². The van der Waals surface area contributed by atoms with Crippen LogP contribution in [0, 0.1) is 11.3 Å². The highest BCUT2D eigenvalue weighted by Crippen LogP contribution is 2.44. The third-order valence-corrected chi connectivity index (χ3v) is 4.04. The molecule has 0 bridgehead atoms. The Morgan fingerprint density at radius 1 is 1.17 bits per heavy atom. The molecule has 1 heteroatoms. The summed E-state index contributed by atoms with van der Waals surface area (Å²) in [6, 6.07) is 0. The van der Waals surface area contributed by atoms with Gasteiger partial charge in [0, 0.05) is 0 Å². The summed E-state index contributed by atoms with van der Waals surface area (Å²) < 4.78 is 0. The normalized spacial score (nSPS) is 35.2. The van der Waals surface area contributed by atoms with E-state index in [0.29, 0.717) is 5.41 Å². The Bertz CT molecular complexity index is 141. The quantitative estimate of drug-likeness (QED) is 0.633. The van der Waals surface area contributed by atoms with Crippen LogP contribution in [0.15, 0.2) is 0 Å². The molecule has 1 atom stereocenters. The zero-order valence-electron chi connectivity index (χ0n) is 8.23. The van der Waals surface area contributed by atoms with Crippen LogP contribution >= 0.6 is 0 Å². The Hall–Kier alpha value is -0.0400. The first-order valence-corrected chi connectivity index (χ1v) is 5.52. The van der Waals surface area contributed by atoms with Crippen molar-refractivity contribution >= 4 is 0 Å². The molecule has 0 aromatic rings. The third kappa shape index (κ3) is 1.52. The summed E-state index contributed by atoms with van der Waals surface area (Å²) in [6.07, 6.45) is 8.84. The van der Waals surface area contributed by atoms with Crippen LogP contribution < -0.4 is 5.32 Å². The van der Waals surface area contributed by atoms with E-state index >= 15 is 0 Å². The summed E-state index contributed by atoms with van der Waals surface area (Å²) in [5, 5.41) is 3.49. The van der Waals surface area contributed by atoms with E-state index in [-0.39, 0.29) is 0 Å². The number of nitrogens with one attached hydrogen (secondary N) is 1. The standard InChI is InChI=1S/C11H21N/c1-11(6-3-2-4-7-11)10-5-8-12-9-10/h10,12H,2-9H2,1H3/t10-/m1/s1. The van der Waals surface area contributed by atoms with Gasteiger partial charge in [-0.3, -0.25) is 0 Å². The van der Waals surface area contributed by atoms with Gasteiger partial charge in [0.05, 0.1) is 0 Å². The van der Waals surface area contributed by atoms with Crippen molar-refractivity contribution in [2.24, 2.45) is 11.3 Å². The molecule has 1 aliphatic carbocycles. The molecule has 0 aromatic carbocycles. The van der Waals surface area contributed by atoms with Gasteiger partial charge in [0.25, 0.3) is 0 Å². The lowest BCUT2D eigenvalue weighted by atomic mass is 9.67. The van der Waals surface area contributed by atoms with Crippen molar-refractivity contribution in [3.05, 3.63) is 0 Å². The predicted molar refractivity (Wildman–Crippen MR) is 52.2 cm³/mol. The molecule has 2 aliphatic rings. The zero-order chi connectivity index (χ0) is 8.44. The number of hydrogen-bond acceptors (Lipinski definition) is 1. The Labute approximate surface area is 75.9 Å². The molecule has 0 radical (unpaired) electrons. The van der Waals surface area contributed by atoms with Crippen molar-refractivity contribution in [1.29, 1.82) is 0 Å². The van der Waals surface area contributed by atoms with Gasteiger partial charge in [-0.25, -0.2) is 0 Å². The van der Waals surface area contributed by atoms with Gasteiger partial charge in [-0.05, 0) is 43.7 Å². The van der Waals surface area contributed by atoms with Crippen LogP contribution in [0.4, 0.5) is 0 Å². The van der Waals surface area contributed by atoms with Gasteiger partial charge in [-0.2, -0.15) is 0 Å². The summed E-state index contributed by atoms with van der Waals surface area (Å²) in [6.45, 7) is 5.07. The SMILES string of the molecule is CC1([C@@H]2CCNC2)CCCCC1. The highest BCUT2D eigenvalue weighted by atomic mass is 14.9. The smallest absolute Gasteiger partial charge is 0.00148 e. The van der Waals surface area contributed by atoms with Crippen LogP contribution in [0.25, 0.3) is 0 Å². The molecule has 1 heterocycles. The lowest BCUT2D eigenvalue weighted by molar-refractivity contribution is 0.131. The highest BCUT2D eigenvalue weighted by molar-refractivity contribution is 4.89. The van der Waals surface area contributed by atoms with E-state index < -0.39 is 0 Å². The van der Waals surface area contributed by atoms with Crippen LogP contribution in [-0.2, 0) is 0 Å². The first-order valence-electron chi connectivity index (χ1n) is 5.52. The van der Waals surface area contributed by atoms with Crippen molar-refractivity contribution < 1.29 is 0 Å². The van der Waals surface area contributed by atoms with Crippen LogP contribution in [0.5, 0.6) is 0 Å². The second-order valence-electron chi connectivity index (χ2n) is 4.90. The molecule has 2 rings (SSSR count). The molecule has 0 aromatic heterocycles. The summed E-state index contributed by atoms with van der Waals surface area (Å²) >= 11 is 0. The fourth-order valence-electron chi connectivity index (χ4n) is 3.02. The Kier molecular flexibility index (Phi) is 2.40. The van der Waals surface area contributed by atoms with Crippen molar-refractivity contribution in [3.8, 4) is 0 Å². The van der Waals surface area contributed by atoms with Gasteiger partial charge in [-0.15, -0.1) is 0 Å². The molecule has 0 unspecified atom stereocenters. The lowest BCUT2D eigenvalue weighted by Gasteiger charge is -2.38. The molecule has 1 N–H and O–H groups in total. The van der Waals surface area contributed by atoms with Crippen molar-refractivity contribution in [1.82, 2.24) is 5.32 Å². The Morgan fingerprint density at radius 3 is 2.50 bits per heavy atom. The predicted octanol–water partition coefficient (Wildman–Crippen LogP) is 2.57. The minimum absolute atomic E-state index is 0.696. The maximum absolute atomic E-state index is 3.49. The first-order chi connectivity index (χ1) is 5.81. The lowest BCUT2D eigenvalue weighted by Crippen LogP contribution is -2.31. The van der Waals surface area contributed by atoms with Crippen molar-refractivity contribution in [2.75, 3.05) is 13.1 Å². The number of hydrogen-bond donors (Lipinski definition) is 1. The van der Waals surface area contributed by atoms with E-state index in [0.717, 1.165) is 5.92 Å². The van der Waals surface area contributed by atoms with E-state index in [9.17, 15) is 0 Å². The van der Waals surface area contributed by atoms with Gasteiger partial charge in [0.2, 0.25) is 0 Å². The fraction of sp³-hybridized carbons (Fsp3) is 1.00. The van der Waals surface area contributed by atoms with E-state index in [1.165, 1.54) is 51.6 Å². The van der Waals surface area contributed by atoms with Gasteiger partial charge in [0.1, 0.15) is 0 Å². The van der Waals surface area contributed by atoms with Gasteiger partial charge in [0.15, 0.2) is 0 Å². The van der Waals surface area contributed by atoms with Crippen LogP contribution in [0.1, 0.15) is 45.4 Å². The minimum atomic E-state index is 0.696. The van der Waals surface area contributed by atoms with E-state index in [1.807, 2.05) is 0 Å². The fourth-order valence-corrected chi connectivity index (χ4v) is 3.02. The second-order valence-corrected chi connectivity index (χ2v) is 4.90. The number of rotatable bonds is 1. The first kappa shape index (κ1) is 8.55. The minimum Gasteiger partial charge on any atom is -0.316 e. The van der Waals surface area contributed by atoms with Gasteiger partial charge in [-0.1, -0.05) is 26.2 Å². The molecule has 1 aliphatic heterocycles. The molecular weight excluding hydrogens is 146 g/mol. The van der Waals surface area contributed by atoms with E-state index in [2.05, 4.69) is 12.2 Å². The molecule has 70 valence electrons. The summed E-state index contributed by atoms with van der Waals surface area (Å²) in [5.41, 5.74) is 0.696. The zero-order valence-corrected chi connectivity index (χ0v) is 8.23. The second kappa shape index (κ2) is 3.37. The maximum Gasteiger partial charge on any atom is -0.00148 e. The Morgan fingerprint density at radius 2 is 1.92 bits per heavy atom. The summed E-state index contributed by atoms with van der Waals surface area (Å²) in [4.78, 5) is 0. The topological polar surface area (TPSA) is 12.0 Å². The molecule has 0 amide bonds. The van der Waals surface area contributed by atoms with Crippen LogP contribution in [0.3, 0.4) is 0 Å². The monoisotopic (exact) mass is 167 g/mol. The van der Waals surface area contributed by atoms with Crippen LogP contribution in [0.2, 0.25) is 0 Å². The maximum atomic E-state index is 3.49. The molecule has 12 heavy (non-hydrogen) atoms. The summed E-state index contributed by atoms with van der Waals surface area (Å²) in [7, 11) is 0. The largest absolute Gasteiger partial charge is 0.316 e.